The minimum atomic E-state index is -5.01. The molecule has 594 valence electrons. The molecule has 0 saturated carbocycles. The van der Waals surface area contributed by atoms with Crippen molar-refractivity contribution in [2.24, 2.45) is 0 Å². The Hall–Kier alpha value is -5.06. The second-order valence-electron chi connectivity index (χ2n) is 26.3. The van der Waals surface area contributed by atoms with Crippen molar-refractivity contribution in [3.8, 4) is 0 Å². The molecule has 0 bridgehead atoms. The van der Waals surface area contributed by atoms with Gasteiger partial charge in [-0.3, -0.25) is 37.3 Å². The number of rotatable bonds is 74. The molecule has 0 heterocycles. The Labute approximate surface area is 630 Å². The molecule has 0 rings (SSSR count). The summed E-state index contributed by atoms with van der Waals surface area (Å²) in [5.74, 6) is -2.38. The lowest BCUT2D eigenvalue weighted by molar-refractivity contribution is -0.161. The van der Waals surface area contributed by atoms with E-state index < -0.39 is 97.5 Å². The molecule has 0 aromatic carbocycles. The highest BCUT2D eigenvalue weighted by Crippen LogP contribution is 2.45. The lowest BCUT2D eigenvalue weighted by atomic mass is 10.0. The number of unbranched alkanes of at least 4 members (excludes halogenated alkanes) is 25. The first-order chi connectivity index (χ1) is 50.7. The summed E-state index contributed by atoms with van der Waals surface area (Å²) in [5, 5.41) is 10.6. The zero-order chi connectivity index (χ0) is 76.0. The monoisotopic (exact) mass is 1500 g/mol. The van der Waals surface area contributed by atoms with Gasteiger partial charge < -0.3 is 33.8 Å². The highest BCUT2D eigenvalue weighted by Gasteiger charge is 2.30. The van der Waals surface area contributed by atoms with Crippen molar-refractivity contribution in [2.45, 2.75) is 329 Å². The van der Waals surface area contributed by atoms with Crippen LogP contribution in [0.15, 0.2) is 146 Å². The van der Waals surface area contributed by atoms with Crippen molar-refractivity contribution in [1.29, 1.82) is 0 Å². The van der Waals surface area contributed by atoms with E-state index in [0.29, 0.717) is 32.1 Å². The molecule has 0 aromatic heterocycles. The number of esters is 4. The molecule has 3 N–H and O–H groups in total. The number of aliphatic hydroxyl groups excluding tert-OH is 1. The molecule has 0 aliphatic carbocycles. The van der Waals surface area contributed by atoms with Gasteiger partial charge in [-0.05, 0) is 128 Å². The van der Waals surface area contributed by atoms with Crippen LogP contribution in [0, 0.1) is 0 Å². The molecule has 0 radical (unpaired) electrons. The van der Waals surface area contributed by atoms with Gasteiger partial charge in [0.05, 0.1) is 32.8 Å². The summed E-state index contributed by atoms with van der Waals surface area (Å²) in [5.41, 5.74) is 0. The van der Waals surface area contributed by atoms with Crippen molar-refractivity contribution in [1.82, 2.24) is 0 Å². The summed E-state index contributed by atoms with van der Waals surface area (Å²) in [4.78, 5) is 73.0. The third-order valence-corrected chi connectivity index (χ3v) is 18.2. The molecule has 5 atom stereocenters. The van der Waals surface area contributed by atoms with Crippen LogP contribution in [0.1, 0.15) is 310 Å². The predicted molar refractivity (Wildman–Crippen MR) is 427 cm³/mol. The molecule has 104 heavy (non-hydrogen) atoms. The first-order valence-electron chi connectivity index (χ1n) is 40.1. The quantitative estimate of drug-likeness (QED) is 0.0169. The van der Waals surface area contributed by atoms with Crippen LogP contribution in [-0.2, 0) is 65.4 Å². The standard InChI is InChI=1S/C85H142O17P2/c1-5-9-13-17-21-25-29-33-37-38-39-40-44-46-50-54-58-62-66-70-83(88)96-76-81(102-85(90)72-68-64-60-56-52-48-43-36-32-28-24-20-16-12-8-4)78-100-104(93,94)98-74-79(86)73-97-103(91,92)99-77-80(101-84(89)71-67-63-59-55-51-47-42-35-31-27-23-19-15-11-7-3)75-95-82(87)69-65-61-57-53-49-45-41-34-30-26-22-18-14-10-6-2/h10-11,14-15,21-23,25-27,33-35,37,39-42,49,51,53,55,61,65,79-81,86H,5-9,12-13,16-20,24,28-32,36,38,43-48,50,52,54,56-60,62-64,66-78H2,1-4H3,(H,91,92)(H,93,94)/b14-10-,15-11-,25-21-,26-22-,27-23-,37-33-,40-39-,41-34-,42-35-,53-49-,55-51-,65-61-. The van der Waals surface area contributed by atoms with Crippen LogP contribution in [0.3, 0.4) is 0 Å². The Morgan fingerprint density at radius 3 is 0.894 bits per heavy atom. The summed E-state index contributed by atoms with van der Waals surface area (Å²) in [7, 11) is -10.0. The lowest BCUT2D eigenvalue weighted by Crippen LogP contribution is -2.30. The summed E-state index contributed by atoms with van der Waals surface area (Å²) in [6.07, 6.45) is 87.2. The van der Waals surface area contributed by atoms with Crippen molar-refractivity contribution < 1.29 is 80.2 Å². The Morgan fingerprint density at radius 1 is 0.288 bits per heavy atom. The molecule has 5 unspecified atom stereocenters. The van der Waals surface area contributed by atoms with Gasteiger partial charge in [0, 0.05) is 19.3 Å². The predicted octanol–water partition coefficient (Wildman–Crippen LogP) is 23.4. The van der Waals surface area contributed by atoms with Crippen LogP contribution in [-0.4, -0.2) is 96.7 Å². The second-order valence-corrected chi connectivity index (χ2v) is 29.2. The highest BCUT2D eigenvalue weighted by atomic mass is 31.2. The Balaban J connectivity index is 5.46. The maximum atomic E-state index is 13.1. The van der Waals surface area contributed by atoms with E-state index in [-0.39, 0.29) is 25.7 Å². The number of allylic oxidation sites excluding steroid dienone is 23. The first-order valence-corrected chi connectivity index (χ1v) is 43.1. The number of carbonyl (C=O) groups is 4. The molecular formula is C85H142O17P2. The van der Waals surface area contributed by atoms with Gasteiger partial charge in [0.15, 0.2) is 12.2 Å². The average Bonchev–Trinajstić information content (AvgIpc) is 0.912. The summed E-state index contributed by atoms with van der Waals surface area (Å²) >= 11 is 0. The number of hydrogen-bond acceptors (Lipinski definition) is 15. The second kappa shape index (κ2) is 76.1. The van der Waals surface area contributed by atoms with E-state index in [9.17, 15) is 43.2 Å². The van der Waals surface area contributed by atoms with Gasteiger partial charge in [0.1, 0.15) is 19.3 Å². The van der Waals surface area contributed by atoms with E-state index in [1.807, 2.05) is 24.3 Å². The van der Waals surface area contributed by atoms with Crippen LogP contribution in [0.25, 0.3) is 0 Å². The third-order valence-electron chi connectivity index (χ3n) is 16.3. The molecular weight excluding hydrogens is 1350 g/mol. The maximum Gasteiger partial charge on any atom is 0.472 e. The van der Waals surface area contributed by atoms with E-state index in [4.69, 9.17) is 37.0 Å². The Morgan fingerprint density at radius 2 is 0.538 bits per heavy atom. The normalized spacial score (nSPS) is 14.6. The zero-order valence-corrected chi connectivity index (χ0v) is 66.7. The van der Waals surface area contributed by atoms with Gasteiger partial charge in [-0.15, -0.1) is 0 Å². The van der Waals surface area contributed by atoms with Gasteiger partial charge in [0.25, 0.3) is 0 Å². The zero-order valence-electron chi connectivity index (χ0n) is 64.9. The summed E-state index contributed by atoms with van der Waals surface area (Å²) < 4.78 is 68.4. The number of ether oxygens (including phenoxy) is 4. The molecule has 0 aromatic rings. The van der Waals surface area contributed by atoms with Crippen molar-refractivity contribution in [3.05, 3.63) is 146 Å². The van der Waals surface area contributed by atoms with E-state index >= 15 is 0 Å². The van der Waals surface area contributed by atoms with Crippen LogP contribution >= 0.6 is 15.6 Å². The Bertz CT molecular complexity index is 2540. The largest absolute Gasteiger partial charge is 0.472 e. The average molecular weight is 1500 g/mol. The summed E-state index contributed by atoms with van der Waals surface area (Å²) in [6.45, 7) is 4.45. The SMILES string of the molecule is CC/C=C\C/C=C\C/C=C\C/C=C\C/C=C\CC(=O)OCC(COP(=O)(O)OCC(O)COP(=O)(O)OCC(COC(=O)CCCCCCCC/C=C\C/C=C\C/C=C\CCCCC)OC(=O)CCCCCCCCCCCCCCCCC)OC(=O)CCCC/C=C\C/C=C\C/C=C\C/C=C\CC. The Kier molecular flexibility index (Phi) is 72.4. The molecule has 0 aliphatic heterocycles. The van der Waals surface area contributed by atoms with Crippen molar-refractivity contribution in [2.75, 3.05) is 39.6 Å². The minimum absolute atomic E-state index is 0.0192. The molecule has 17 nitrogen and oxygen atoms in total. The van der Waals surface area contributed by atoms with E-state index in [2.05, 4.69) is 143 Å². The van der Waals surface area contributed by atoms with Gasteiger partial charge >= 0.3 is 39.5 Å². The highest BCUT2D eigenvalue weighted by molar-refractivity contribution is 7.47. The number of carbonyl (C=O) groups excluding carboxylic acids is 4. The van der Waals surface area contributed by atoms with Crippen molar-refractivity contribution >= 4 is 39.5 Å². The number of phosphoric acid groups is 2. The first kappa shape index (κ1) is 98.9. The smallest absolute Gasteiger partial charge is 0.462 e. The third kappa shape index (κ3) is 75.2. The van der Waals surface area contributed by atoms with Crippen LogP contribution in [0.2, 0.25) is 0 Å². The molecule has 0 saturated heterocycles. The number of hydrogen-bond donors (Lipinski definition) is 3. The fourth-order valence-corrected chi connectivity index (χ4v) is 11.9. The number of phosphoric ester groups is 2. The fourth-order valence-electron chi connectivity index (χ4n) is 10.3. The van der Waals surface area contributed by atoms with Crippen molar-refractivity contribution in [3.63, 3.8) is 0 Å². The van der Waals surface area contributed by atoms with E-state index in [1.165, 1.54) is 83.5 Å². The van der Waals surface area contributed by atoms with Gasteiger partial charge in [-0.2, -0.15) is 0 Å². The minimum Gasteiger partial charge on any atom is -0.462 e. The number of aliphatic hydroxyl groups is 1. The molecule has 0 spiro atoms. The van der Waals surface area contributed by atoms with Crippen LogP contribution in [0.5, 0.6) is 0 Å². The molecule has 0 amide bonds. The van der Waals surface area contributed by atoms with Gasteiger partial charge in [-0.25, -0.2) is 9.13 Å². The fraction of sp³-hybridized carbons (Fsp3) is 0.671. The molecule has 0 fully saturated rings. The van der Waals surface area contributed by atoms with Gasteiger partial charge in [-0.1, -0.05) is 302 Å². The summed E-state index contributed by atoms with van der Waals surface area (Å²) in [6, 6.07) is 0. The molecule has 0 aliphatic rings. The van der Waals surface area contributed by atoms with E-state index in [1.54, 1.807) is 6.08 Å². The topological polar surface area (TPSA) is 237 Å². The maximum absolute atomic E-state index is 13.1. The van der Waals surface area contributed by atoms with E-state index in [0.717, 1.165) is 141 Å². The van der Waals surface area contributed by atoms with Crippen LogP contribution < -0.4 is 0 Å². The molecule has 19 heteroatoms. The lowest BCUT2D eigenvalue weighted by Gasteiger charge is -2.21. The van der Waals surface area contributed by atoms with Gasteiger partial charge in [0.2, 0.25) is 0 Å². The van der Waals surface area contributed by atoms with Crippen LogP contribution in [0.4, 0.5) is 0 Å².